The Bertz CT molecular complexity index is 578. The topological polar surface area (TPSA) is 45.8 Å². The third-order valence-corrected chi connectivity index (χ3v) is 3.31. The number of aromatic amines is 1. The van der Waals surface area contributed by atoms with Crippen LogP contribution in [0.4, 0.5) is 0 Å². The number of aryl methyl sites for hydroxylation is 2. The highest BCUT2D eigenvalue weighted by Crippen LogP contribution is 2.20. The van der Waals surface area contributed by atoms with Gasteiger partial charge in [0, 0.05) is 11.4 Å². The van der Waals surface area contributed by atoms with E-state index in [9.17, 15) is 4.79 Å². The number of hydrogen-bond acceptors (Lipinski definition) is 3. The Morgan fingerprint density at radius 1 is 1.29 bits per heavy atom. The highest BCUT2D eigenvalue weighted by molar-refractivity contribution is 7.98. The molecule has 2 aromatic rings. The molecule has 1 heterocycles. The molecule has 3 nitrogen and oxygen atoms in total. The van der Waals surface area contributed by atoms with Crippen molar-refractivity contribution in [2.75, 3.05) is 0 Å². The van der Waals surface area contributed by atoms with Crippen molar-refractivity contribution in [1.82, 2.24) is 9.97 Å². The van der Waals surface area contributed by atoms with Crippen LogP contribution in [-0.4, -0.2) is 9.97 Å². The minimum absolute atomic E-state index is 0.281. The molecule has 0 atom stereocenters. The van der Waals surface area contributed by atoms with Crippen molar-refractivity contribution in [3.63, 3.8) is 0 Å². The highest BCUT2D eigenvalue weighted by Gasteiger charge is 2.00. The Balaban J connectivity index is 2.09. The number of nitrogens with zero attached hydrogens (tertiary/aromatic N) is 1. The van der Waals surface area contributed by atoms with E-state index < -0.39 is 0 Å². The predicted octanol–water partition coefficient (Wildman–Crippen LogP) is 2.68. The third-order valence-electron chi connectivity index (χ3n) is 2.33. The van der Waals surface area contributed by atoms with E-state index in [4.69, 9.17) is 0 Å². The third kappa shape index (κ3) is 3.46. The molecule has 4 heteroatoms. The molecule has 2 rings (SSSR count). The van der Waals surface area contributed by atoms with Crippen LogP contribution < -0.4 is 5.69 Å². The molecule has 0 radical (unpaired) electrons. The van der Waals surface area contributed by atoms with Gasteiger partial charge in [-0.3, -0.25) is 0 Å². The summed E-state index contributed by atoms with van der Waals surface area (Å²) in [5, 5.41) is 0.771. The summed E-state index contributed by atoms with van der Waals surface area (Å²) in [4.78, 5) is 17.8. The van der Waals surface area contributed by atoms with E-state index in [0.717, 1.165) is 16.5 Å². The molecule has 0 saturated carbocycles. The molecule has 0 saturated heterocycles. The van der Waals surface area contributed by atoms with Crippen LogP contribution in [0.15, 0.2) is 40.2 Å². The van der Waals surface area contributed by atoms with Crippen molar-refractivity contribution in [2.24, 2.45) is 0 Å². The van der Waals surface area contributed by atoms with Crippen LogP contribution in [0.3, 0.4) is 0 Å². The van der Waals surface area contributed by atoms with Crippen molar-refractivity contribution in [1.29, 1.82) is 0 Å². The van der Waals surface area contributed by atoms with Crippen LogP contribution in [0.1, 0.15) is 16.8 Å². The van der Waals surface area contributed by atoms with Crippen LogP contribution in [-0.2, 0) is 5.75 Å². The largest absolute Gasteiger partial charge is 0.346 e. The van der Waals surface area contributed by atoms with Gasteiger partial charge in [0.15, 0.2) is 0 Å². The number of benzene rings is 1. The van der Waals surface area contributed by atoms with Crippen molar-refractivity contribution < 1.29 is 0 Å². The van der Waals surface area contributed by atoms with Crippen molar-refractivity contribution in [3.8, 4) is 0 Å². The van der Waals surface area contributed by atoms with Gasteiger partial charge >= 0.3 is 5.69 Å². The predicted molar refractivity (Wildman–Crippen MR) is 70.3 cm³/mol. The summed E-state index contributed by atoms with van der Waals surface area (Å²) >= 11 is 1.58. The van der Waals surface area contributed by atoms with Gasteiger partial charge in [-0.05, 0) is 25.5 Å². The molecule has 17 heavy (non-hydrogen) atoms. The first-order chi connectivity index (χ1) is 8.13. The Morgan fingerprint density at radius 2 is 2.12 bits per heavy atom. The second-order valence-electron chi connectivity index (χ2n) is 3.99. The number of nitrogens with one attached hydrogen (secondary N) is 1. The van der Waals surface area contributed by atoms with E-state index in [-0.39, 0.29) is 5.69 Å². The fourth-order valence-corrected chi connectivity index (χ4v) is 2.49. The lowest BCUT2D eigenvalue weighted by molar-refractivity contribution is 0.945. The lowest BCUT2D eigenvalue weighted by atomic mass is 10.2. The van der Waals surface area contributed by atoms with Crippen molar-refractivity contribution in [3.05, 3.63) is 57.6 Å². The smallest absolute Gasteiger partial charge is 0.310 e. The van der Waals surface area contributed by atoms with Crippen LogP contribution in [0, 0.1) is 13.8 Å². The summed E-state index contributed by atoms with van der Waals surface area (Å²) in [6, 6.07) is 10.2. The molecule has 0 aliphatic heterocycles. The molecule has 1 aromatic heterocycles. The Morgan fingerprint density at radius 3 is 2.82 bits per heavy atom. The van der Waals surface area contributed by atoms with Gasteiger partial charge in [-0.2, -0.15) is 4.98 Å². The van der Waals surface area contributed by atoms with Crippen molar-refractivity contribution in [2.45, 2.75) is 24.6 Å². The average molecular weight is 246 g/mol. The van der Waals surface area contributed by atoms with Gasteiger partial charge in [0.05, 0.1) is 0 Å². The Labute approximate surface area is 104 Å². The molecular formula is C13H14N2OS. The second kappa shape index (κ2) is 5.19. The molecular weight excluding hydrogens is 232 g/mol. The maximum Gasteiger partial charge on any atom is 0.346 e. The average Bonchev–Trinajstić information content (AvgIpc) is 2.25. The van der Waals surface area contributed by atoms with Crippen LogP contribution >= 0.6 is 11.8 Å². The van der Waals surface area contributed by atoms with Gasteiger partial charge in [-0.25, -0.2) is 4.79 Å². The second-order valence-corrected chi connectivity index (χ2v) is 4.98. The van der Waals surface area contributed by atoms with E-state index in [1.165, 1.54) is 11.1 Å². The van der Waals surface area contributed by atoms with Crippen molar-refractivity contribution >= 4 is 11.8 Å². The van der Waals surface area contributed by atoms with Gasteiger partial charge in [0.1, 0.15) is 5.03 Å². The van der Waals surface area contributed by atoms with E-state index in [2.05, 4.69) is 35.1 Å². The standard InChI is InChI=1S/C13H14N2OS/c1-9-4-3-5-11(6-9)8-17-12-7-10(2)14-13(16)15-12/h3-7H,8H2,1-2H3,(H,14,15,16). The fraction of sp³-hybridized carbons (Fsp3) is 0.231. The maximum atomic E-state index is 11.2. The molecule has 1 N–H and O–H groups in total. The molecule has 0 amide bonds. The SMILES string of the molecule is Cc1cccc(CSc2cc(C)[nH]c(=O)n2)c1. The first-order valence-corrected chi connectivity index (χ1v) is 6.38. The van der Waals surface area contributed by atoms with E-state index in [1.807, 2.05) is 19.1 Å². The van der Waals surface area contributed by atoms with Gasteiger partial charge < -0.3 is 4.98 Å². The summed E-state index contributed by atoms with van der Waals surface area (Å²) in [7, 11) is 0. The summed E-state index contributed by atoms with van der Waals surface area (Å²) in [5.41, 5.74) is 3.06. The Hall–Kier alpha value is -1.55. The first-order valence-electron chi connectivity index (χ1n) is 5.40. The quantitative estimate of drug-likeness (QED) is 0.669. The summed E-state index contributed by atoms with van der Waals surface area (Å²) in [6.07, 6.45) is 0. The normalized spacial score (nSPS) is 10.5. The van der Waals surface area contributed by atoms with Gasteiger partial charge in [0.2, 0.25) is 0 Å². The molecule has 0 aliphatic carbocycles. The van der Waals surface area contributed by atoms with Gasteiger partial charge in [-0.1, -0.05) is 29.8 Å². The summed E-state index contributed by atoms with van der Waals surface area (Å²) in [5.74, 6) is 0.831. The molecule has 0 spiro atoms. The molecule has 1 aromatic carbocycles. The minimum atomic E-state index is -0.281. The number of H-pyrrole nitrogens is 1. The minimum Gasteiger partial charge on any atom is -0.310 e. The van der Waals surface area contributed by atoms with Crippen LogP contribution in [0.5, 0.6) is 0 Å². The highest BCUT2D eigenvalue weighted by atomic mass is 32.2. The lowest BCUT2D eigenvalue weighted by Gasteiger charge is -2.02. The zero-order chi connectivity index (χ0) is 12.3. The number of thioether (sulfide) groups is 1. The molecule has 0 bridgehead atoms. The number of rotatable bonds is 3. The Kier molecular flexibility index (Phi) is 3.64. The van der Waals surface area contributed by atoms with Gasteiger partial charge in [-0.15, -0.1) is 11.8 Å². The van der Waals surface area contributed by atoms with Crippen LogP contribution in [0.2, 0.25) is 0 Å². The van der Waals surface area contributed by atoms with E-state index in [1.54, 1.807) is 11.8 Å². The molecule has 0 aliphatic rings. The van der Waals surface area contributed by atoms with E-state index in [0.29, 0.717) is 0 Å². The summed E-state index contributed by atoms with van der Waals surface area (Å²) < 4.78 is 0. The molecule has 0 unspecified atom stereocenters. The zero-order valence-electron chi connectivity index (χ0n) is 9.86. The lowest BCUT2D eigenvalue weighted by Crippen LogP contribution is -2.11. The van der Waals surface area contributed by atoms with Gasteiger partial charge in [0.25, 0.3) is 0 Å². The number of aromatic nitrogens is 2. The maximum absolute atomic E-state index is 11.2. The number of hydrogen-bond donors (Lipinski definition) is 1. The molecule has 0 fully saturated rings. The zero-order valence-corrected chi connectivity index (χ0v) is 10.7. The molecule has 88 valence electrons. The monoisotopic (exact) mass is 246 g/mol. The fourth-order valence-electron chi connectivity index (χ4n) is 1.58. The van der Waals surface area contributed by atoms with E-state index >= 15 is 0 Å². The summed E-state index contributed by atoms with van der Waals surface area (Å²) in [6.45, 7) is 3.93. The van der Waals surface area contributed by atoms with Crippen LogP contribution in [0.25, 0.3) is 0 Å². The first kappa shape index (κ1) is 11.9.